The molecule has 2 aliphatic rings. The molecule has 3 nitrogen and oxygen atoms in total. The molecule has 0 spiro atoms. The molecule has 0 aromatic heterocycles. The van der Waals surface area contributed by atoms with Crippen molar-refractivity contribution in [1.29, 1.82) is 0 Å². The van der Waals surface area contributed by atoms with Crippen molar-refractivity contribution >= 4 is 17.7 Å². The largest absolute Gasteiger partial charge is 0.352 e. The van der Waals surface area contributed by atoms with E-state index in [4.69, 9.17) is 0 Å². The summed E-state index contributed by atoms with van der Waals surface area (Å²) in [6.07, 6.45) is 3.40. The third-order valence-corrected chi connectivity index (χ3v) is 4.43. The van der Waals surface area contributed by atoms with Gasteiger partial charge in [0.15, 0.2) is 0 Å². The first-order chi connectivity index (χ1) is 7.27. The van der Waals surface area contributed by atoms with Crippen LogP contribution in [0.3, 0.4) is 0 Å². The molecular weight excluding hydrogens is 208 g/mol. The highest BCUT2D eigenvalue weighted by atomic mass is 32.2. The van der Waals surface area contributed by atoms with Crippen molar-refractivity contribution in [3.63, 3.8) is 0 Å². The number of carbonyl (C=O) groups is 1. The first-order valence-electron chi connectivity index (χ1n) is 5.89. The number of rotatable bonds is 2. The Morgan fingerprint density at radius 1 is 1.33 bits per heavy atom. The number of amides is 1. The molecule has 4 heteroatoms. The predicted octanol–water partition coefficient (Wildman–Crippen LogP) is 0.996. The average molecular weight is 228 g/mol. The summed E-state index contributed by atoms with van der Waals surface area (Å²) in [7, 11) is 0. The molecular formula is C11H20N2OS. The first kappa shape index (κ1) is 11.3. The first-order valence-corrected chi connectivity index (χ1v) is 7.04. The van der Waals surface area contributed by atoms with Gasteiger partial charge in [0, 0.05) is 6.04 Å². The topological polar surface area (TPSA) is 41.1 Å². The van der Waals surface area contributed by atoms with Gasteiger partial charge in [0.05, 0.1) is 6.04 Å². The lowest BCUT2D eigenvalue weighted by atomic mass is 10.0. The van der Waals surface area contributed by atoms with Gasteiger partial charge in [-0.3, -0.25) is 4.79 Å². The fourth-order valence-corrected chi connectivity index (χ4v) is 3.42. The Kier molecular flexibility index (Phi) is 3.92. The van der Waals surface area contributed by atoms with Crippen molar-refractivity contribution in [1.82, 2.24) is 10.6 Å². The molecule has 0 radical (unpaired) electrons. The normalized spacial score (nSPS) is 32.9. The van der Waals surface area contributed by atoms with Crippen LogP contribution in [0.5, 0.6) is 0 Å². The van der Waals surface area contributed by atoms with Crippen LogP contribution in [-0.2, 0) is 4.79 Å². The van der Waals surface area contributed by atoms with Gasteiger partial charge in [-0.05, 0) is 43.2 Å². The lowest BCUT2D eigenvalue weighted by molar-refractivity contribution is -0.124. The van der Waals surface area contributed by atoms with Crippen LogP contribution in [0.1, 0.15) is 26.2 Å². The van der Waals surface area contributed by atoms with Gasteiger partial charge >= 0.3 is 0 Å². The summed E-state index contributed by atoms with van der Waals surface area (Å²) in [6.45, 7) is 3.14. The fourth-order valence-electron chi connectivity index (χ4n) is 2.32. The van der Waals surface area contributed by atoms with E-state index in [1.807, 2.05) is 11.8 Å². The summed E-state index contributed by atoms with van der Waals surface area (Å²) in [5.41, 5.74) is 0. The Morgan fingerprint density at radius 2 is 2.07 bits per heavy atom. The van der Waals surface area contributed by atoms with Crippen LogP contribution in [0.2, 0.25) is 0 Å². The lowest BCUT2D eigenvalue weighted by Crippen LogP contribution is -2.48. The van der Waals surface area contributed by atoms with E-state index in [0.29, 0.717) is 12.0 Å². The van der Waals surface area contributed by atoms with Crippen molar-refractivity contribution < 1.29 is 4.79 Å². The zero-order valence-corrected chi connectivity index (χ0v) is 10.1. The van der Waals surface area contributed by atoms with Gasteiger partial charge in [0.25, 0.3) is 0 Å². The third kappa shape index (κ3) is 2.88. The molecule has 0 saturated carbocycles. The molecule has 0 aliphatic carbocycles. The molecule has 0 aromatic rings. The Balaban J connectivity index is 1.80. The van der Waals surface area contributed by atoms with Crippen LogP contribution in [0.15, 0.2) is 0 Å². The summed E-state index contributed by atoms with van der Waals surface area (Å²) >= 11 is 1.99. The van der Waals surface area contributed by atoms with E-state index in [0.717, 1.165) is 25.8 Å². The highest BCUT2D eigenvalue weighted by Crippen LogP contribution is 2.19. The Bertz CT molecular complexity index is 229. The monoisotopic (exact) mass is 228 g/mol. The maximum absolute atomic E-state index is 11.9. The van der Waals surface area contributed by atoms with Gasteiger partial charge in [-0.15, -0.1) is 0 Å². The van der Waals surface area contributed by atoms with E-state index in [9.17, 15) is 4.79 Å². The average Bonchev–Trinajstić information content (AvgIpc) is 2.66. The van der Waals surface area contributed by atoms with E-state index < -0.39 is 0 Å². The van der Waals surface area contributed by atoms with E-state index >= 15 is 0 Å². The van der Waals surface area contributed by atoms with Crippen LogP contribution >= 0.6 is 11.8 Å². The summed E-state index contributed by atoms with van der Waals surface area (Å²) in [5, 5.41) is 6.45. The van der Waals surface area contributed by atoms with Gasteiger partial charge in [0.2, 0.25) is 5.91 Å². The second kappa shape index (κ2) is 5.21. The molecule has 2 saturated heterocycles. The van der Waals surface area contributed by atoms with E-state index in [2.05, 4.69) is 17.6 Å². The van der Waals surface area contributed by atoms with Crippen LogP contribution in [0.25, 0.3) is 0 Å². The second-order valence-electron chi connectivity index (χ2n) is 4.59. The molecule has 0 bridgehead atoms. The van der Waals surface area contributed by atoms with Gasteiger partial charge in [0.1, 0.15) is 0 Å². The number of thioether (sulfide) groups is 1. The molecule has 2 aliphatic heterocycles. The molecule has 15 heavy (non-hydrogen) atoms. The number of nitrogens with one attached hydrogen (secondary N) is 2. The van der Waals surface area contributed by atoms with E-state index in [-0.39, 0.29) is 11.9 Å². The third-order valence-electron chi connectivity index (χ3n) is 3.38. The van der Waals surface area contributed by atoms with Gasteiger partial charge in [-0.25, -0.2) is 0 Å². The minimum Gasteiger partial charge on any atom is -0.352 e. The number of hydrogen-bond acceptors (Lipinski definition) is 3. The van der Waals surface area contributed by atoms with Gasteiger partial charge < -0.3 is 10.6 Å². The molecule has 2 N–H and O–H groups in total. The Labute approximate surface area is 95.8 Å². The number of carbonyl (C=O) groups excluding carboxylic acids is 1. The van der Waals surface area contributed by atoms with E-state index in [1.54, 1.807) is 0 Å². The van der Waals surface area contributed by atoms with Crippen LogP contribution in [0.4, 0.5) is 0 Å². The maximum atomic E-state index is 11.9. The van der Waals surface area contributed by atoms with Crippen molar-refractivity contribution in [2.45, 2.75) is 38.3 Å². The minimum absolute atomic E-state index is 0.0552. The Morgan fingerprint density at radius 3 is 2.67 bits per heavy atom. The minimum atomic E-state index is 0.0552. The van der Waals surface area contributed by atoms with Crippen molar-refractivity contribution in [3.05, 3.63) is 0 Å². The van der Waals surface area contributed by atoms with Gasteiger partial charge in [-0.2, -0.15) is 11.8 Å². The summed E-state index contributed by atoms with van der Waals surface area (Å²) < 4.78 is 0. The summed E-state index contributed by atoms with van der Waals surface area (Å²) in [4.78, 5) is 11.9. The highest BCUT2D eigenvalue weighted by molar-refractivity contribution is 7.99. The van der Waals surface area contributed by atoms with Crippen molar-refractivity contribution in [3.8, 4) is 0 Å². The SMILES string of the molecule is CC1CCNC1C(=O)NC1CCSCC1. The zero-order chi connectivity index (χ0) is 10.7. The van der Waals surface area contributed by atoms with Crippen molar-refractivity contribution in [2.75, 3.05) is 18.1 Å². The Hall–Kier alpha value is -0.220. The molecule has 2 heterocycles. The maximum Gasteiger partial charge on any atom is 0.237 e. The molecule has 2 rings (SSSR count). The smallest absolute Gasteiger partial charge is 0.237 e. The lowest BCUT2D eigenvalue weighted by Gasteiger charge is -2.25. The number of hydrogen-bond donors (Lipinski definition) is 2. The molecule has 2 unspecified atom stereocenters. The molecule has 0 aromatic carbocycles. The quantitative estimate of drug-likeness (QED) is 0.741. The molecule has 2 atom stereocenters. The van der Waals surface area contributed by atoms with Crippen LogP contribution < -0.4 is 10.6 Å². The van der Waals surface area contributed by atoms with E-state index in [1.165, 1.54) is 11.5 Å². The molecule has 1 amide bonds. The van der Waals surface area contributed by atoms with Gasteiger partial charge in [-0.1, -0.05) is 6.92 Å². The predicted molar refractivity (Wildman–Crippen MR) is 64.1 cm³/mol. The fraction of sp³-hybridized carbons (Fsp3) is 0.909. The zero-order valence-electron chi connectivity index (χ0n) is 9.29. The standard InChI is InChI=1S/C11H20N2OS/c1-8-2-5-12-10(8)11(14)13-9-3-6-15-7-4-9/h8-10,12H,2-7H2,1H3,(H,13,14). The molecule has 2 fully saturated rings. The summed E-state index contributed by atoms with van der Waals surface area (Å²) in [5.74, 6) is 3.09. The summed E-state index contributed by atoms with van der Waals surface area (Å²) in [6, 6.07) is 0.480. The van der Waals surface area contributed by atoms with Crippen LogP contribution in [-0.4, -0.2) is 36.0 Å². The second-order valence-corrected chi connectivity index (χ2v) is 5.82. The molecule has 86 valence electrons. The van der Waals surface area contributed by atoms with Crippen LogP contribution in [0, 0.1) is 5.92 Å². The van der Waals surface area contributed by atoms with Crippen molar-refractivity contribution in [2.24, 2.45) is 5.92 Å². The highest BCUT2D eigenvalue weighted by Gasteiger charge is 2.30.